The van der Waals surface area contributed by atoms with Gasteiger partial charge in [0.1, 0.15) is 0 Å². The van der Waals surface area contributed by atoms with E-state index < -0.39 is 0 Å². The fourth-order valence-corrected chi connectivity index (χ4v) is 3.45. The number of benzene rings is 1. The number of nitrogens with one attached hydrogen (secondary N) is 1. The lowest BCUT2D eigenvalue weighted by molar-refractivity contribution is -0.121. The van der Waals surface area contributed by atoms with Crippen molar-refractivity contribution in [3.8, 4) is 10.8 Å². The zero-order valence-electron chi connectivity index (χ0n) is 13.7. The van der Waals surface area contributed by atoms with E-state index >= 15 is 0 Å². The Morgan fingerprint density at radius 2 is 2.08 bits per heavy atom. The van der Waals surface area contributed by atoms with E-state index in [1.54, 1.807) is 19.2 Å². The molecule has 0 aliphatic heterocycles. The van der Waals surface area contributed by atoms with Crippen molar-refractivity contribution >= 4 is 33.4 Å². The second-order valence-electron chi connectivity index (χ2n) is 6.15. The number of hydrogen-bond acceptors (Lipinski definition) is 5. The van der Waals surface area contributed by atoms with E-state index in [1.807, 2.05) is 24.3 Å². The SMILES string of the molecule is CN(CC(=O)NC1CC1)C(=O)c1ccc(-c2nc3ccccc3s2)o1. The van der Waals surface area contributed by atoms with E-state index in [0.717, 1.165) is 28.1 Å². The topological polar surface area (TPSA) is 75.4 Å². The quantitative estimate of drug-likeness (QED) is 0.763. The summed E-state index contributed by atoms with van der Waals surface area (Å²) in [5.74, 6) is 0.297. The fraction of sp³-hybridized carbons (Fsp3) is 0.278. The summed E-state index contributed by atoms with van der Waals surface area (Å²) in [6, 6.07) is 11.5. The Bertz CT molecular complexity index is 909. The van der Waals surface area contributed by atoms with Gasteiger partial charge in [-0.25, -0.2) is 4.98 Å². The van der Waals surface area contributed by atoms with Crippen molar-refractivity contribution in [3.05, 3.63) is 42.2 Å². The standard InChI is InChI=1S/C18H17N3O3S/c1-21(10-16(22)19-11-6-7-11)18(23)14-9-8-13(24-14)17-20-12-4-2-3-5-15(12)25-17/h2-5,8-9,11H,6-7,10H2,1H3,(H,19,22). The number of furan rings is 1. The molecule has 1 saturated carbocycles. The summed E-state index contributed by atoms with van der Waals surface area (Å²) in [6.45, 7) is 0.0203. The number of aromatic nitrogens is 1. The Kier molecular flexibility index (Phi) is 4.01. The minimum atomic E-state index is -0.321. The summed E-state index contributed by atoms with van der Waals surface area (Å²) < 4.78 is 6.75. The number of nitrogens with zero attached hydrogens (tertiary/aromatic N) is 2. The molecule has 25 heavy (non-hydrogen) atoms. The summed E-state index contributed by atoms with van der Waals surface area (Å²) in [5, 5.41) is 3.60. The van der Waals surface area contributed by atoms with Crippen LogP contribution in [-0.4, -0.2) is 41.3 Å². The van der Waals surface area contributed by atoms with Crippen molar-refractivity contribution in [1.29, 1.82) is 0 Å². The summed E-state index contributed by atoms with van der Waals surface area (Å²) in [7, 11) is 1.59. The van der Waals surface area contributed by atoms with Gasteiger partial charge in [-0.15, -0.1) is 11.3 Å². The van der Waals surface area contributed by atoms with Crippen LogP contribution in [0.3, 0.4) is 0 Å². The number of carbonyl (C=O) groups is 2. The number of rotatable bonds is 5. The highest BCUT2D eigenvalue weighted by atomic mass is 32.1. The monoisotopic (exact) mass is 355 g/mol. The summed E-state index contributed by atoms with van der Waals surface area (Å²) in [4.78, 5) is 30.1. The fourth-order valence-electron chi connectivity index (χ4n) is 2.52. The molecule has 0 radical (unpaired) electrons. The van der Waals surface area contributed by atoms with Crippen LogP contribution in [0.1, 0.15) is 23.4 Å². The molecule has 1 N–H and O–H groups in total. The summed E-state index contributed by atoms with van der Waals surface area (Å²) in [5.41, 5.74) is 0.903. The van der Waals surface area contributed by atoms with Crippen LogP contribution in [-0.2, 0) is 4.79 Å². The van der Waals surface area contributed by atoms with Crippen LogP contribution < -0.4 is 5.32 Å². The molecule has 2 amide bonds. The Hall–Kier alpha value is -2.67. The van der Waals surface area contributed by atoms with Crippen LogP contribution >= 0.6 is 11.3 Å². The minimum Gasteiger partial charge on any atom is -0.448 e. The maximum Gasteiger partial charge on any atom is 0.289 e. The van der Waals surface area contributed by atoms with Crippen molar-refractivity contribution < 1.29 is 14.0 Å². The molecule has 0 unspecified atom stereocenters. The third-order valence-electron chi connectivity index (χ3n) is 3.99. The van der Waals surface area contributed by atoms with Crippen LogP contribution in [0.25, 0.3) is 21.0 Å². The predicted molar refractivity (Wildman–Crippen MR) is 95.4 cm³/mol. The Morgan fingerprint density at radius 3 is 2.84 bits per heavy atom. The number of thiazole rings is 1. The number of likely N-dealkylation sites (N-methyl/N-ethyl adjacent to an activating group) is 1. The number of hydrogen-bond donors (Lipinski definition) is 1. The predicted octanol–water partition coefficient (Wildman–Crippen LogP) is 2.91. The first-order valence-corrected chi connectivity index (χ1v) is 8.92. The average Bonchev–Trinajstić information content (AvgIpc) is 3.13. The third-order valence-corrected chi connectivity index (χ3v) is 5.04. The number of amides is 2. The molecule has 4 rings (SSSR count). The van der Waals surface area contributed by atoms with Gasteiger partial charge in [0, 0.05) is 13.1 Å². The van der Waals surface area contributed by atoms with Crippen LogP contribution in [0.4, 0.5) is 0 Å². The lowest BCUT2D eigenvalue weighted by Gasteiger charge is -2.15. The van der Waals surface area contributed by atoms with Gasteiger partial charge in [0.25, 0.3) is 5.91 Å². The molecule has 0 spiro atoms. The first-order valence-electron chi connectivity index (χ1n) is 8.11. The number of para-hydroxylation sites is 1. The molecule has 6 nitrogen and oxygen atoms in total. The maximum absolute atomic E-state index is 12.4. The summed E-state index contributed by atoms with van der Waals surface area (Å²) >= 11 is 1.51. The van der Waals surface area contributed by atoms with Crippen LogP contribution in [0.15, 0.2) is 40.8 Å². The molecule has 0 atom stereocenters. The van der Waals surface area contributed by atoms with Crippen LogP contribution in [0.5, 0.6) is 0 Å². The Balaban J connectivity index is 1.47. The Morgan fingerprint density at radius 1 is 1.28 bits per heavy atom. The minimum absolute atomic E-state index is 0.0203. The van der Waals surface area contributed by atoms with E-state index in [1.165, 1.54) is 16.2 Å². The van der Waals surface area contributed by atoms with E-state index in [2.05, 4.69) is 10.3 Å². The van der Waals surface area contributed by atoms with Gasteiger partial charge >= 0.3 is 0 Å². The highest BCUT2D eigenvalue weighted by molar-refractivity contribution is 7.21. The van der Waals surface area contributed by atoms with Crippen LogP contribution in [0, 0.1) is 0 Å². The van der Waals surface area contributed by atoms with Gasteiger partial charge in [-0.3, -0.25) is 9.59 Å². The first kappa shape index (κ1) is 15.8. The molecule has 128 valence electrons. The van der Waals surface area contributed by atoms with Crippen molar-refractivity contribution in [3.63, 3.8) is 0 Å². The van der Waals surface area contributed by atoms with Crippen LogP contribution in [0.2, 0.25) is 0 Å². The molecule has 0 bridgehead atoms. The molecule has 0 saturated heterocycles. The van der Waals surface area contributed by atoms with E-state index in [4.69, 9.17) is 4.42 Å². The van der Waals surface area contributed by atoms with Gasteiger partial charge in [0.15, 0.2) is 16.5 Å². The van der Waals surface area contributed by atoms with Gasteiger partial charge in [-0.05, 0) is 37.1 Å². The molecule has 1 aliphatic carbocycles. The molecule has 2 aromatic heterocycles. The molecule has 1 aromatic carbocycles. The normalized spacial score (nSPS) is 13.8. The van der Waals surface area contributed by atoms with Gasteiger partial charge in [0.2, 0.25) is 5.91 Å². The van der Waals surface area contributed by atoms with Crippen molar-refractivity contribution in [2.75, 3.05) is 13.6 Å². The molecule has 1 fully saturated rings. The Labute approximate surface area is 148 Å². The van der Waals surface area contributed by atoms with E-state index in [-0.39, 0.29) is 30.2 Å². The zero-order chi connectivity index (χ0) is 17.4. The van der Waals surface area contributed by atoms with Crippen molar-refractivity contribution in [1.82, 2.24) is 15.2 Å². The zero-order valence-corrected chi connectivity index (χ0v) is 14.5. The second-order valence-corrected chi connectivity index (χ2v) is 7.18. The van der Waals surface area contributed by atoms with Gasteiger partial charge in [-0.2, -0.15) is 0 Å². The number of carbonyl (C=O) groups excluding carboxylic acids is 2. The molecule has 7 heteroatoms. The molecular weight excluding hydrogens is 338 g/mol. The van der Waals surface area contributed by atoms with Crippen molar-refractivity contribution in [2.45, 2.75) is 18.9 Å². The second kappa shape index (κ2) is 6.33. The average molecular weight is 355 g/mol. The van der Waals surface area contributed by atoms with Gasteiger partial charge in [0.05, 0.1) is 16.8 Å². The molecule has 3 aromatic rings. The lowest BCUT2D eigenvalue weighted by atomic mass is 10.3. The molecule has 2 heterocycles. The van der Waals surface area contributed by atoms with E-state index in [9.17, 15) is 9.59 Å². The van der Waals surface area contributed by atoms with E-state index in [0.29, 0.717) is 5.76 Å². The molecule has 1 aliphatic rings. The smallest absolute Gasteiger partial charge is 0.289 e. The van der Waals surface area contributed by atoms with Crippen molar-refractivity contribution in [2.24, 2.45) is 0 Å². The van der Waals surface area contributed by atoms with Gasteiger partial charge in [-0.1, -0.05) is 12.1 Å². The number of fused-ring (bicyclic) bond motifs is 1. The highest BCUT2D eigenvalue weighted by Gasteiger charge is 2.25. The largest absolute Gasteiger partial charge is 0.448 e. The maximum atomic E-state index is 12.4. The molecular formula is C18H17N3O3S. The third kappa shape index (κ3) is 3.41. The lowest BCUT2D eigenvalue weighted by Crippen LogP contribution is -2.39. The summed E-state index contributed by atoms with van der Waals surface area (Å²) in [6.07, 6.45) is 2.04. The van der Waals surface area contributed by atoms with Gasteiger partial charge < -0.3 is 14.6 Å². The highest BCUT2D eigenvalue weighted by Crippen LogP contribution is 2.31. The first-order chi connectivity index (χ1) is 12.1.